The summed E-state index contributed by atoms with van der Waals surface area (Å²) in [5.41, 5.74) is 4.58. The molecule has 2 N–H and O–H groups in total. The van der Waals surface area contributed by atoms with Gasteiger partial charge in [0.15, 0.2) is 0 Å². The summed E-state index contributed by atoms with van der Waals surface area (Å²) in [4.78, 5) is 28.0. The molecule has 0 fully saturated rings. The Bertz CT molecular complexity index is 943. The number of fused-ring (bicyclic) bond motifs is 1. The van der Waals surface area contributed by atoms with E-state index in [-0.39, 0.29) is 11.8 Å². The molecule has 0 aliphatic carbocycles. The minimum Gasteiger partial charge on any atom is -0.326 e. The van der Waals surface area contributed by atoms with Crippen molar-refractivity contribution in [1.82, 2.24) is 9.38 Å². The maximum atomic E-state index is 12.4. The highest BCUT2D eigenvalue weighted by Crippen LogP contribution is 2.17. The monoisotopic (exact) mass is 322 g/mol. The van der Waals surface area contributed by atoms with Gasteiger partial charge in [0, 0.05) is 30.1 Å². The second kappa shape index (κ2) is 6.16. The van der Waals surface area contributed by atoms with Crippen molar-refractivity contribution in [2.45, 2.75) is 20.8 Å². The summed E-state index contributed by atoms with van der Waals surface area (Å²) in [6.45, 7) is 5.36. The summed E-state index contributed by atoms with van der Waals surface area (Å²) in [7, 11) is 0. The van der Waals surface area contributed by atoms with Crippen molar-refractivity contribution >= 4 is 28.8 Å². The molecule has 0 radical (unpaired) electrons. The zero-order chi connectivity index (χ0) is 17.3. The van der Waals surface area contributed by atoms with E-state index in [0.717, 1.165) is 17.0 Å². The Labute approximate surface area is 139 Å². The lowest BCUT2D eigenvalue weighted by atomic mass is 10.2. The SMILES string of the molecule is CC(=O)Nc1cccc(C(=O)Nc2ccc3nc(C)c(C)n3c2)c1. The number of anilines is 2. The van der Waals surface area contributed by atoms with Gasteiger partial charge < -0.3 is 15.0 Å². The summed E-state index contributed by atoms with van der Waals surface area (Å²) in [5.74, 6) is -0.417. The standard InChI is InChI=1S/C18H18N4O2/c1-11-12(2)22-10-16(7-8-17(22)19-11)21-18(24)14-5-4-6-15(9-14)20-13(3)23/h4-10H,1-3H3,(H,20,23)(H,21,24). The molecule has 3 aromatic rings. The number of hydrogen-bond acceptors (Lipinski definition) is 3. The van der Waals surface area contributed by atoms with Crippen LogP contribution in [0.1, 0.15) is 28.7 Å². The smallest absolute Gasteiger partial charge is 0.255 e. The highest BCUT2D eigenvalue weighted by molar-refractivity contribution is 6.05. The molecule has 6 heteroatoms. The van der Waals surface area contributed by atoms with E-state index in [0.29, 0.717) is 16.9 Å². The average molecular weight is 322 g/mol. The third kappa shape index (κ3) is 3.12. The molecule has 0 bridgehead atoms. The van der Waals surface area contributed by atoms with E-state index in [1.54, 1.807) is 24.3 Å². The maximum absolute atomic E-state index is 12.4. The van der Waals surface area contributed by atoms with Crippen molar-refractivity contribution < 1.29 is 9.59 Å². The van der Waals surface area contributed by atoms with E-state index in [1.165, 1.54) is 6.92 Å². The van der Waals surface area contributed by atoms with Gasteiger partial charge in [0.25, 0.3) is 5.91 Å². The van der Waals surface area contributed by atoms with E-state index in [9.17, 15) is 9.59 Å². The average Bonchev–Trinajstić information content (AvgIpc) is 2.82. The van der Waals surface area contributed by atoms with Crippen LogP contribution in [0.5, 0.6) is 0 Å². The molecule has 0 saturated carbocycles. The molecule has 0 unspecified atom stereocenters. The molecule has 24 heavy (non-hydrogen) atoms. The topological polar surface area (TPSA) is 75.5 Å². The van der Waals surface area contributed by atoms with Crippen molar-refractivity contribution in [3.8, 4) is 0 Å². The summed E-state index contributed by atoms with van der Waals surface area (Å²) >= 11 is 0. The predicted molar refractivity (Wildman–Crippen MR) is 93.4 cm³/mol. The predicted octanol–water partition coefficient (Wildman–Crippen LogP) is 3.16. The number of benzene rings is 1. The molecule has 6 nitrogen and oxygen atoms in total. The molecular weight excluding hydrogens is 304 g/mol. The zero-order valence-corrected chi connectivity index (χ0v) is 13.8. The fraction of sp³-hybridized carbons (Fsp3) is 0.167. The normalized spacial score (nSPS) is 10.6. The number of aromatic nitrogens is 2. The first-order valence-electron chi connectivity index (χ1n) is 7.58. The lowest BCUT2D eigenvalue weighted by Gasteiger charge is -2.08. The number of carbonyl (C=O) groups is 2. The van der Waals surface area contributed by atoms with Crippen LogP contribution in [0.15, 0.2) is 42.6 Å². The van der Waals surface area contributed by atoms with Gasteiger partial charge in [-0.15, -0.1) is 0 Å². The molecule has 0 atom stereocenters. The molecule has 3 rings (SSSR count). The van der Waals surface area contributed by atoms with Crippen LogP contribution in [-0.2, 0) is 4.79 Å². The Kier molecular flexibility index (Phi) is 4.04. The molecule has 0 aliphatic rings. The van der Waals surface area contributed by atoms with Crippen molar-refractivity contribution in [2.75, 3.05) is 10.6 Å². The third-order valence-corrected chi connectivity index (χ3v) is 3.80. The van der Waals surface area contributed by atoms with Crippen molar-refractivity contribution in [3.05, 3.63) is 59.5 Å². The van der Waals surface area contributed by atoms with E-state index in [4.69, 9.17) is 0 Å². The van der Waals surface area contributed by atoms with Gasteiger partial charge in [0.2, 0.25) is 5.91 Å². The van der Waals surface area contributed by atoms with Crippen molar-refractivity contribution in [1.29, 1.82) is 0 Å². The number of nitrogens with one attached hydrogen (secondary N) is 2. The van der Waals surface area contributed by atoms with Crippen LogP contribution in [0, 0.1) is 13.8 Å². The molecule has 1 aromatic carbocycles. The Morgan fingerprint density at radius 2 is 1.83 bits per heavy atom. The highest BCUT2D eigenvalue weighted by Gasteiger charge is 2.09. The summed E-state index contributed by atoms with van der Waals surface area (Å²) in [5, 5.41) is 5.53. The van der Waals surface area contributed by atoms with Gasteiger partial charge in [-0.25, -0.2) is 4.98 Å². The largest absolute Gasteiger partial charge is 0.326 e. The molecule has 122 valence electrons. The van der Waals surface area contributed by atoms with Crippen molar-refractivity contribution in [2.24, 2.45) is 0 Å². The van der Waals surface area contributed by atoms with Gasteiger partial charge in [-0.05, 0) is 44.2 Å². The van der Waals surface area contributed by atoms with Crippen LogP contribution >= 0.6 is 0 Å². The number of aryl methyl sites for hydroxylation is 2. The second-order valence-electron chi connectivity index (χ2n) is 5.64. The van der Waals surface area contributed by atoms with Crippen molar-refractivity contribution in [3.63, 3.8) is 0 Å². The fourth-order valence-electron chi connectivity index (χ4n) is 2.50. The Morgan fingerprint density at radius 3 is 2.58 bits per heavy atom. The summed E-state index contributed by atoms with van der Waals surface area (Å²) < 4.78 is 1.94. The van der Waals surface area contributed by atoms with Crippen LogP contribution < -0.4 is 10.6 Å². The Morgan fingerprint density at radius 1 is 1.04 bits per heavy atom. The first-order chi connectivity index (χ1) is 11.4. The van der Waals surface area contributed by atoms with E-state index < -0.39 is 0 Å². The number of amides is 2. The molecular formula is C18H18N4O2. The fourth-order valence-corrected chi connectivity index (χ4v) is 2.50. The number of nitrogens with zero attached hydrogens (tertiary/aromatic N) is 2. The van der Waals surface area contributed by atoms with Gasteiger partial charge in [0.1, 0.15) is 5.65 Å². The highest BCUT2D eigenvalue weighted by atomic mass is 16.2. The van der Waals surface area contributed by atoms with E-state index in [2.05, 4.69) is 15.6 Å². The van der Waals surface area contributed by atoms with Crippen LogP contribution in [0.25, 0.3) is 5.65 Å². The lowest BCUT2D eigenvalue weighted by molar-refractivity contribution is -0.114. The van der Waals surface area contributed by atoms with Crippen LogP contribution in [0.4, 0.5) is 11.4 Å². The van der Waals surface area contributed by atoms with Crippen LogP contribution in [0.3, 0.4) is 0 Å². The molecule has 0 aliphatic heterocycles. The van der Waals surface area contributed by atoms with Crippen LogP contribution in [0.2, 0.25) is 0 Å². The molecule has 0 saturated heterocycles. The van der Waals surface area contributed by atoms with Crippen LogP contribution in [-0.4, -0.2) is 21.2 Å². The van der Waals surface area contributed by atoms with Gasteiger partial charge in [-0.2, -0.15) is 0 Å². The number of pyridine rings is 1. The maximum Gasteiger partial charge on any atom is 0.255 e. The van der Waals surface area contributed by atoms with E-state index >= 15 is 0 Å². The lowest BCUT2D eigenvalue weighted by Crippen LogP contribution is -2.13. The van der Waals surface area contributed by atoms with Gasteiger partial charge in [0.05, 0.1) is 11.4 Å². The summed E-state index contributed by atoms with van der Waals surface area (Å²) in [6, 6.07) is 10.5. The first kappa shape index (κ1) is 15.7. The molecule has 2 aromatic heterocycles. The third-order valence-electron chi connectivity index (χ3n) is 3.80. The first-order valence-corrected chi connectivity index (χ1v) is 7.58. The Hall–Kier alpha value is -3.15. The molecule has 0 spiro atoms. The zero-order valence-electron chi connectivity index (χ0n) is 13.8. The minimum atomic E-state index is -0.240. The molecule has 2 amide bonds. The van der Waals surface area contributed by atoms with E-state index in [1.807, 2.05) is 36.6 Å². The quantitative estimate of drug-likeness (QED) is 0.778. The second-order valence-corrected chi connectivity index (χ2v) is 5.64. The Balaban J connectivity index is 1.84. The van der Waals surface area contributed by atoms with Gasteiger partial charge in [-0.3, -0.25) is 9.59 Å². The summed E-state index contributed by atoms with van der Waals surface area (Å²) in [6.07, 6.45) is 1.85. The van der Waals surface area contributed by atoms with Gasteiger partial charge >= 0.3 is 0 Å². The number of rotatable bonds is 3. The number of carbonyl (C=O) groups excluding carboxylic acids is 2. The minimum absolute atomic E-state index is 0.177. The molecule has 2 heterocycles. The number of imidazole rings is 1. The number of hydrogen-bond donors (Lipinski definition) is 2. The van der Waals surface area contributed by atoms with Gasteiger partial charge in [-0.1, -0.05) is 6.07 Å².